The number of fused-ring (bicyclic) bond motifs is 1. The van der Waals surface area contributed by atoms with Gasteiger partial charge in [0.2, 0.25) is 5.82 Å². The summed E-state index contributed by atoms with van der Waals surface area (Å²) in [5.41, 5.74) is 0.417. The molecular weight excluding hydrogens is 349 g/mol. The zero-order valence-electron chi connectivity index (χ0n) is 13.8. The smallest absolute Gasteiger partial charge is 0.353 e. The van der Waals surface area contributed by atoms with Gasteiger partial charge in [-0.25, -0.2) is 24.9 Å². The first-order chi connectivity index (χ1) is 12.4. The third-order valence-corrected chi connectivity index (χ3v) is 4.18. The Hall–Kier alpha value is -2.98. The SMILES string of the molecule is Cc1nccc(N2CCN(c3nc(C(F)(F)F)nc4nc[nH]c34)CC2)n1. The number of rotatable bonds is 2. The van der Waals surface area contributed by atoms with E-state index in [-0.39, 0.29) is 11.5 Å². The Kier molecular flexibility index (Phi) is 3.85. The third-order valence-electron chi connectivity index (χ3n) is 4.18. The van der Waals surface area contributed by atoms with Crippen LogP contribution in [-0.2, 0) is 6.18 Å². The van der Waals surface area contributed by atoms with E-state index in [1.165, 1.54) is 6.33 Å². The van der Waals surface area contributed by atoms with E-state index in [0.717, 1.165) is 5.82 Å². The molecule has 26 heavy (non-hydrogen) atoms. The summed E-state index contributed by atoms with van der Waals surface area (Å²) in [4.78, 5) is 26.3. The van der Waals surface area contributed by atoms with Crippen LogP contribution in [0, 0.1) is 6.92 Å². The number of H-pyrrole nitrogens is 1. The number of hydrogen-bond acceptors (Lipinski definition) is 7. The van der Waals surface area contributed by atoms with Crippen LogP contribution in [0.2, 0.25) is 0 Å². The van der Waals surface area contributed by atoms with Crippen LogP contribution in [0.3, 0.4) is 0 Å². The number of hydrogen-bond donors (Lipinski definition) is 1. The lowest BCUT2D eigenvalue weighted by Gasteiger charge is -2.36. The third kappa shape index (κ3) is 3.00. The molecule has 0 aromatic carbocycles. The summed E-state index contributed by atoms with van der Waals surface area (Å²) in [6.45, 7) is 4.04. The minimum absolute atomic E-state index is 0.0104. The molecule has 1 saturated heterocycles. The highest BCUT2D eigenvalue weighted by Gasteiger charge is 2.37. The highest BCUT2D eigenvalue weighted by atomic mass is 19.4. The molecule has 1 fully saturated rings. The number of piperazine rings is 1. The van der Waals surface area contributed by atoms with Gasteiger partial charge in [0.25, 0.3) is 0 Å². The van der Waals surface area contributed by atoms with Crippen LogP contribution in [-0.4, -0.2) is 56.1 Å². The molecule has 8 nitrogen and oxygen atoms in total. The lowest BCUT2D eigenvalue weighted by atomic mass is 10.3. The predicted molar refractivity (Wildman–Crippen MR) is 87.9 cm³/mol. The fraction of sp³-hybridized carbons (Fsp3) is 0.400. The molecule has 0 atom stereocenters. The van der Waals surface area contributed by atoms with Gasteiger partial charge in [0.05, 0.1) is 6.33 Å². The van der Waals surface area contributed by atoms with Crippen molar-refractivity contribution in [3.63, 3.8) is 0 Å². The molecule has 4 heterocycles. The minimum Gasteiger partial charge on any atom is -0.353 e. The molecule has 1 N–H and O–H groups in total. The number of aryl methyl sites for hydroxylation is 1. The Morgan fingerprint density at radius 3 is 2.42 bits per heavy atom. The summed E-state index contributed by atoms with van der Waals surface area (Å²) >= 11 is 0. The number of anilines is 2. The van der Waals surface area contributed by atoms with Crippen molar-refractivity contribution in [2.45, 2.75) is 13.1 Å². The van der Waals surface area contributed by atoms with Gasteiger partial charge in [0.1, 0.15) is 17.2 Å². The lowest BCUT2D eigenvalue weighted by molar-refractivity contribution is -0.144. The summed E-state index contributed by atoms with van der Waals surface area (Å²) < 4.78 is 39.3. The van der Waals surface area contributed by atoms with Gasteiger partial charge in [-0.05, 0) is 13.0 Å². The zero-order valence-corrected chi connectivity index (χ0v) is 13.8. The second kappa shape index (κ2) is 6.07. The van der Waals surface area contributed by atoms with Crippen LogP contribution in [0.25, 0.3) is 11.2 Å². The number of alkyl halides is 3. The number of nitrogens with one attached hydrogen (secondary N) is 1. The molecule has 0 bridgehead atoms. The summed E-state index contributed by atoms with van der Waals surface area (Å²) in [5.74, 6) is 0.525. The maximum absolute atomic E-state index is 13.1. The van der Waals surface area contributed by atoms with Gasteiger partial charge in [-0.2, -0.15) is 13.2 Å². The van der Waals surface area contributed by atoms with Crippen molar-refractivity contribution in [1.29, 1.82) is 0 Å². The van der Waals surface area contributed by atoms with E-state index in [1.807, 2.05) is 17.9 Å². The first-order valence-electron chi connectivity index (χ1n) is 8.00. The topological polar surface area (TPSA) is 86.7 Å². The molecule has 3 aromatic rings. The van der Waals surface area contributed by atoms with E-state index < -0.39 is 12.0 Å². The van der Waals surface area contributed by atoms with Crippen molar-refractivity contribution >= 4 is 22.8 Å². The average molecular weight is 364 g/mol. The maximum Gasteiger partial charge on any atom is 0.451 e. The van der Waals surface area contributed by atoms with Gasteiger partial charge in [-0.15, -0.1) is 0 Å². The van der Waals surface area contributed by atoms with Crippen LogP contribution in [0.1, 0.15) is 11.6 Å². The first kappa shape index (κ1) is 16.5. The molecule has 4 rings (SSSR count). The van der Waals surface area contributed by atoms with Gasteiger partial charge in [-0.3, -0.25) is 0 Å². The Labute approximate surface area is 146 Å². The molecule has 1 aliphatic rings. The monoisotopic (exact) mass is 364 g/mol. The van der Waals surface area contributed by atoms with E-state index in [9.17, 15) is 13.2 Å². The van der Waals surface area contributed by atoms with Crippen LogP contribution in [0.5, 0.6) is 0 Å². The highest BCUT2D eigenvalue weighted by molar-refractivity contribution is 5.83. The molecule has 0 aliphatic carbocycles. The molecule has 136 valence electrons. The van der Waals surface area contributed by atoms with Crippen molar-refractivity contribution in [3.05, 3.63) is 30.2 Å². The second-order valence-corrected chi connectivity index (χ2v) is 5.91. The molecule has 0 unspecified atom stereocenters. The Morgan fingerprint density at radius 2 is 1.73 bits per heavy atom. The number of imidazole rings is 1. The largest absolute Gasteiger partial charge is 0.451 e. The van der Waals surface area contributed by atoms with Crippen LogP contribution in [0.4, 0.5) is 24.8 Å². The van der Waals surface area contributed by atoms with Gasteiger partial charge in [-0.1, -0.05) is 0 Å². The first-order valence-corrected chi connectivity index (χ1v) is 8.00. The fourth-order valence-electron chi connectivity index (χ4n) is 2.94. The Morgan fingerprint density at radius 1 is 1.00 bits per heavy atom. The second-order valence-electron chi connectivity index (χ2n) is 5.91. The van der Waals surface area contributed by atoms with Crippen molar-refractivity contribution in [2.24, 2.45) is 0 Å². The standard InChI is InChI=1S/C15H15F3N8/c1-9-19-3-2-10(22-9)25-4-6-26(7-5-25)13-11-12(21-8-20-11)23-14(24-13)15(16,17)18/h2-3,8H,4-7H2,1H3,(H,20,21,23,24). The van der Waals surface area contributed by atoms with E-state index in [2.05, 4.69) is 34.8 Å². The number of aromatic nitrogens is 6. The van der Waals surface area contributed by atoms with Gasteiger partial charge in [0, 0.05) is 32.4 Å². The van der Waals surface area contributed by atoms with Gasteiger partial charge < -0.3 is 14.8 Å². The minimum atomic E-state index is -4.62. The quantitative estimate of drug-likeness (QED) is 0.742. The molecule has 11 heteroatoms. The van der Waals surface area contributed by atoms with Crippen LogP contribution >= 0.6 is 0 Å². The van der Waals surface area contributed by atoms with Gasteiger partial charge >= 0.3 is 6.18 Å². The molecule has 0 radical (unpaired) electrons. The summed E-state index contributed by atoms with van der Waals surface area (Å²) in [7, 11) is 0. The molecule has 0 saturated carbocycles. The molecule has 0 amide bonds. The van der Waals surface area contributed by atoms with Crippen molar-refractivity contribution in [3.8, 4) is 0 Å². The maximum atomic E-state index is 13.1. The predicted octanol–water partition coefficient (Wildman–Crippen LogP) is 1.80. The summed E-state index contributed by atoms with van der Waals surface area (Å²) in [6, 6.07) is 1.82. The molecule has 0 spiro atoms. The Bertz CT molecular complexity index is 930. The fourth-order valence-corrected chi connectivity index (χ4v) is 2.94. The van der Waals surface area contributed by atoms with E-state index in [1.54, 1.807) is 6.20 Å². The van der Waals surface area contributed by atoms with E-state index in [4.69, 9.17) is 0 Å². The molecular formula is C15H15F3N8. The van der Waals surface area contributed by atoms with Gasteiger partial charge in [0.15, 0.2) is 11.5 Å². The molecule has 1 aliphatic heterocycles. The van der Waals surface area contributed by atoms with E-state index >= 15 is 0 Å². The summed E-state index contributed by atoms with van der Waals surface area (Å²) in [6.07, 6.45) is -1.61. The lowest BCUT2D eigenvalue weighted by Crippen LogP contribution is -2.47. The van der Waals surface area contributed by atoms with Crippen molar-refractivity contribution in [2.75, 3.05) is 36.0 Å². The highest BCUT2D eigenvalue weighted by Crippen LogP contribution is 2.31. The van der Waals surface area contributed by atoms with Crippen molar-refractivity contribution in [1.82, 2.24) is 29.9 Å². The number of aromatic amines is 1. The molecule has 3 aromatic heterocycles. The summed E-state index contributed by atoms with van der Waals surface area (Å²) in [5, 5.41) is 0. The number of nitrogens with zero attached hydrogens (tertiary/aromatic N) is 7. The number of halogens is 3. The van der Waals surface area contributed by atoms with E-state index in [0.29, 0.717) is 37.5 Å². The zero-order chi connectivity index (χ0) is 18.3. The average Bonchev–Trinajstić information content (AvgIpc) is 3.09. The Balaban J connectivity index is 1.60. The van der Waals surface area contributed by atoms with Crippen molar-refractivity contribution < 1.29 is 13.2 Å². The van der Waals surface area contributed by atoms with Crippen LogP contribution in [0.15, 0.2) is 18.6 Å². The normalized spacial score (nSPS) is 15.7. The van der Waals surface area contributed by atoms with Crippen LogP contribution < -0.4 is 9.80 Å².